The van der Waals surface area contributed by atoms with E-state index in [1.165, 1.54) is 12.1 Å². The van der Waals surface area contributed by atoms with Crippen LogP contribution in [0.2, 0.25) is 0 Å². The van der Waals surface area contributed by atoms with Crippen molar-refractivity contribution in [3.05, 3.63) is 21.9 Å². The maximum atomic E-state index is 11.8. The van der Waals surface area contributed by atoms with Crippen LogP contribution in [0.25, 0.3) is 0 Å². The monoisotopic (exact) mass is 224 g/mol. The van der Waals surface area contributed by atoms with Crippen LogP contribution in [0.3, 0.4) is 0 Å². The Kier molecular flexibility index (Phi) is 4.83. The third-order valence-corrected chi connectivity index (χ3v) is 2.22. The van der Waals surface area contributed by atoms with Gasteiger partial charge in [-0.2, -0.15) is 13.2 Å². The zero-order valence-corrected chi connectivity index (χ0v) is 8.92. The van der Waals surface area contributed by atoms with E-state index in [1.54, 1.807) is 6.92 Å². The van der Waals surface area contributed by atoms with Crippen molar-refractivity contribution in [2.24, 2.45) is 0 Å². The number of alkyl halides is 3. The van der Waals surface area contributed by atoms with E-state index in [1.807, 2.05) is 13.8 Å². The minimum absolute atomic E-state index is 0.250. The molecule has 0 amide bonds. The highest BCUT2D eigenvalue weighted by atomic mass is 32.1. The van der Waals surface area contributed by atoms with Gasteiger partial charge in [0.05, 0.1) is 4.88 Å². The van der Waals surface area contributed by atoms with E-state index in [2.05, 4.69) is 0 Å². The highest BCUT2D eigenvalue weighted by molar-refractivity contribution is 7.14. The molecule has 0 unspecified atom stereocenters. The summed E-state index contributed by atoms with van der Waals surface area (Å²) in [5.74, 6) is -1.76. The molecule has 1 nitrogen and oxygen atoms in total. The molecule has 14 heavy (non-hydrogen) atoms. The molecule has 0 aliphatic carbocycles. The summed E-state index contributed by atoms with van der Waals surface area (Å²) >= 11 is 0.853. The van der Waals surface area contributed by atoms with Crippen LogP contribution < -0.4 is 0 Å². The first kappa shape index (κ1) is 13.2. The van der Waals surface area contributed by atoms with Crippen molar-refractivity contribution in [2.45, 2.75) is 26.9 Å². The Morgan fingerprint density at radius 1 is 1.29 bits per heavy atom. The number of rotatable bonds is 1. The zero-order valence-electron chi connectivity index (χ0n) is 8.11. The second kappa shape index (κ2) is 5.14. The van der Waals surface area contributed by atoms with Gasteiger partial charge in [-0.3, -0.25) is 4.79 Å². The van der Waals surface area contributed by atoms with Crippen LogP contribution in [0, 0.1) is 6.92 Å². The zero-order chi connectivity index (χ0) is 11.4. The Morgan fingerprint density at radius 3 is 2.07 bits per heavy atom. The largest absolute Gasteiger partial charge is 0.455 e. The number of carbonyl (C=O) groups is 1. The number of hydrogen-bond donors (Lipinski definition) is 0. The molecular formula is C9H11F3OS. The number of Topliss-reactive ketones (excluding diaryl/α,β-unsaturated/α-hetero) is 1. The maximum Gasteiger partial charge on any atom is 0.455 e. The van der Waals surface area contributed by atoms with Gasteiger partial charge in [0.1, 0.15) is 0 Å². The van der Waals surface area contributed by atoms with Crippen LogP contribution in [-0.4, -0.2) is 12.0 Å². The van der Waals surface area contributed by atoms with Crippen LogP contribution in [0.1, 0.15) is 28.4 Å². The molecule has 5 heteroatoms. The smallest absolute Gasteiger partial charge is 0.283 e. The fourth-order valence-corrected chi connectivity index (χ4v) is 1.52. The van der Waals surface area contributed by atoms with Crippen LogP contribution in [-0.2, 0) is 0 Å². The molecule has 0 radical (unpaired) electrons. The Bertz CT molecular complexity index is 301. The quantitative estimate of drug-likeness (QED) is 0.662. The number of halogens is 3. The van der Waals surface area contributed by atoms with E-state index in [0.717, 1.165) is 11.3 Å². The minimum Gasteiger partial charge on any atom is -0.283 e. The molecule has 0 aromatic carbocycles. The molecule has 0 saturated carbocycles. The summed E-state index contributed by atoms with van der Waals surface area (Å²) in [5.41, 5.74) is 0. The Labute approximate surface area is 84.6 Å². The molecule has 0 spiro atoms. The van der Waals surface area contributed by atoms with E-state index < -0.39 is 12.0 Å². The topological polar surface area (TPSA) is 17.1 Å². The second-order valence-electron chi connectivity index (χ2n) is 2.24. The summed E-state index contributed by atoms with van der Waals surface area (Å²) in [5, 5.41) is 0. The first-order valence-electron chi connectivity index (χ1n) is 4.09. The Morgan fingerprint density at radius 2 is 1.79 bits per heavy atom. The van der Waals surface area contributed by atoms with Crippen molar-refractivity contribution in [3.63, 3.8) is 0 Å². The van der Waals surface area contributed by atoms with Gasteiger partial charge >= 0.3 is 6.18 Å². The van der Waals surface area contributed by atoms with E-state index in [0.29, 0.717) is 4.88 Å². The van der Waals surface area contributed by atoms with Gasteiger partial charge in [0.25, 0.3) is 5.78 Å². The predicted octanol–water partition coefficient (Wildman–Crippen LogP) is 3.83. The summed E-state index contributed by atoms with van der Waals surface area (Å²) in [7, 11) is 0. The van der Waals surface area contributed by atoms with Crippen molar-refractivity contribution in [3.8, 4) is 0 Å². The Balaban J connectivity index is 0.000000791. The number of carbonyl (C=O) groups excluding carboxylic acids is 1. The molecule has 0 fully saturated rings. The van der Waals surface area contributed by atoms with Crippen molar-refractivity contribution in [1.29, 1.82) is 0 Å². The van der Waals surface area contributed by atoms with Gasteiger partial charge in [-0.05, 0) is 19.1 Å². The molecule has 0 aliphatic heterocycles. The fraction of sp³-hybridized carbons (Fsp3) is 0.444. The molecule has 80 valence electrons. The molecule has 0 aliphatic rings. The minimum atomic E-state index is -4.75. The SMILES string of the molecule is CC.Cc1ccc(C(=O)C(F)(F)F)s1. The molecule has 0 bridgehead atoms. The lowest BCUT2D eigenvalue weighted by Crippen LogP contribution is -2.21. The molecule has 0 saturated heterocycles. The lowest BCUT2D eigenvalue weighted by atomic mass is 10.3. The summed E-state index contributed by atoms with van der Waals surface area (Å²) < 4.78 is 35.4. The van der Waals surface area contributed by atoms with Crippen LogP contribution in [0.4, 0.5) is 13.2 Å². The number of ketones is 1. The third-order valence-electron chi connectivity index (χ3n) is 1.22. The highest BCUT2D eigenvalue weighted by Gasteiger charge is 2.39. The molecule has 1 aromatic rings. The van der Waals surface area contributed by atoms with Crippen molar-refractivity contribution < 1.29 is 18.0 Å². The van der Waals surface area contributed by atoms with E-state index in [9.17, 15) is 18.0 Å². The van der Waals surface area contributed by atoms with Gasteiger partial charge in [-0.15, -0.1) is 11.3 Å². The third kappa shape index (κ3) is 3.49. The van der Waals surface area contributed by atoms with E-state index in [4.69, 9.17) is 0 Å². The van der Waals surface area contributed by atoms with Crippen molar-refractivity contribution >= 4 is 17.1 Å². The van der Waals surface area contributed by atoms with Gasteiger partial charge < -0.3 is 0 Å². The molecule has 1 rings (SSSR count). The van der Waals surface area contributed by atoms with Gasteiger partial charge in [-0.25, -0.2) is 0 Å². The van der Waals surface area contributed by atoms with Gasteiger partial charge in [0.2, 0.25) is 0 Å². The van der Waals surface area contributed by atoms with Gasteiger partial charge in [0.15, 0.2) is 0 Å². The normalized spacial score (nSPS) is 10.4. The molecular weight excluding hydrogens is 213 g/mol. The lowest BCUT2D eigenvalue weighted by Gasteiger charge is -2.00. The summed E-state index contributed by atoms with van der Waals surface area (Å²) in [6.07, 6.45) is -4.75. The van der Waals surface area contributed by atoms with Crippen molar-refractivity contribution in [2.75, 3.05) is 0 Å². The number of hydrogen-bond acceptors (Lipinski definition) is 2. The van der Waals surface area contributed by atoms with Crippen LogP contribution in [0.5, 0.6) is 0 Å². The lowest BCUT2D eigenvalue weighted by molar-refractivity contribution is -0.0882. The number of aryl methyl sites for hydroxylation is 1. The van der Waals surface area contributed by atoms with Gasteiger partial charge in [-0.1, -0.05) is 13.8 Å². The molecule has 1 heterocycles. The van der Waals surface area contributed by atoms with E-state index in [-0.39, 0.29) is 4.88 Å². The first-order chi connectivity index (χ1) is 6.41. The molecule has 0 atom stereocenters. The molecule has 0 N–H and O–H groups in total. The van der Waals surface area contributed by atoms with E-state index >= 15 is 0 Å². The standard InChI is InChI=1S/C7H5F3OS.C2H6/c1-4-2-3-5(12-4)6(11)7(8,9)10;1-2/h2-3H,1H3;1-2H3. The predicted molar refractivity (Wildman–Crippen MR) is 50.8 cm³/mol. The molecule has 1 aromatic heterocycles. The van der Waals surface area contributed by atoms with Crippen LogP contribution in [0.15, 0.2) is 12.1 Å². The van der Waals surface area contributed by atoms with Crippen molar-refractivity contribution in [1.82, 2.24) is 0 Å². The second-order valence-corrected chi connectivity index (χ2v) is 3.53. The number of thiophene rings is 1. The van der Waals surface area contributed by atoms with Gasteiger partial charge in [0, 0.05) is 4.88 Å². The summed E-state index contributed by atoms with van der Waals surface area (Å²) in [6.45, 7) is 5.65. The average Bonchev–Trinajstić information content (AvgIpc) is 2.52. The fourth-order valence-electron chi connectivity index (χ4n) is 0.696. The summed E-state index contributed by atoms with van der Waals surface area (Å²) in [4.78, 5) is 11.0. The highest BCUT2D eigenvalue weighted by Crippen LogP contribution is 2.25. The first-order valence-corrected chi connectivity index (χ1v) is 4.91. The Hall–Kier alpha value is -0.840. The van der Waals surface area contributed by atoms with Crippen LogP contribution >= 0.6 is 11.3 Å². The summed E-state index contributed by atoms with van der Waals surface area (Å²) in [6, 6.07) is 2.68. The average molecular weight is 224 g/mol. The maximum absolute atomic E-state index is 11.8.